The highest BCUT2D eigenvalue weighted by Crippen LogP contribution is 2.27. The van der Waals surface area contributed by atoms with Gasteiger partial charge in [0, 0.05) is 18.5 Å². The third-order valence-electron chi connectivity index (χ3n) is 3.59. The van der Waals surface area contributed by atoms with E-state index >= 15 is 0 Å². The minimum absolute atomic E-state index is 0.0641. The van der Waals surface area contributed by atoms with Gasteiger partial charge >= 0.3 is 0 Å². The average Bonchev–Trinajstić information content (AvgIpc) is 2.68. The molecule has 5 heteroatoms. The van der Waals surface area contributed by atoms with E-state index in [1.165, 1.54) is 0 Å². The number of nitrogens with one attached hydrogen (secondary N) is 1. The molecule has 2 heterocycles. The van der Waals surface area contributed by atoms with Crippen LogP contribution in [0.4, 0.5) is 0 Å². The lowest BCUT2D eigenvalue weighted by Gasteiger charge is -2.35. The van der Waals surface area contributed by atoms with Crippen LogP contribution in [0.2, 0.25) is 0 Å². The number of hydrogen-bond donors (Lipinski definition) is 2. The molecule has 1 aromatic rings. The van der Waals surface area contributed by atoms with Crippen molar-refractivity contribution in [3.8, 4) is 0 Å². The van der Waals surface area contributed by atoms with Crippen molar-refractivity contribution in [2.24, 2.45) is 0 Å². The van der Waals surface area contributed by atoms with Crippen LogP contribution in [-0.4, -0.2) is 34.1 Å². The van der Waals surface area contributed by atoms with E-state index in [-0.39, 0.29) is 17.9 Å². The summed E-state index contributed by atoms with van der Waals surface area (Å²) in [5.41, 5.74) is 1.67. The maximum Gasteiger partial charge on any atom is 0.254 e. The van der Waals surface area contributed by atoms with E-state index < -0.39 is 6.23 Å². The molecular weight excluding hydrogens is 232 g/mol. The Morgan fingerprint density at radius 2 is 2.06 bits per heavy atom. The Labute approximate surface area is 104 Å². The first-order valence-electron chi connectivity index (χ1n) is 6.03. The van der Waals surface area contributed by atoms with Crippen LogP contribution in [0.3, 0.4) is 0 Å². The highest BCUT2D eigenvalue weighted by Gasteiger charge is 2.38. The number of aliphatic hydroxyl groups is 1. The van der Waals surface area contributed by atoms with Crippen LogP contribution in [0.15, 0.2) is 24.3 Å². The normalized spacial score (nSPS) is 27.1. The van der Waals surface area contributed by atoms with Crippen molar-refractivity contribution in [1.29, 1.82) is 0 Å². The monoisotopic (exact) mass is 246 g/mol. The lowest BCUT2D eigenvalue weighted by atomic mass is 10.0. The number of piperidine rings is 1. The summed E-state index contributed by atoms with van der Waals surface area (Å²) in [7, 11) is 0. The topological polar surface area (TPSA) is 69.6 Å². The molecule has 5 nitrogen and oxygen atoms in total. The molecule has 18 heavy (non-hydrogen) atoms. The molecule has 2 aliphatic rings. The fraction of sp³-hybridized carbons (Fsp3) is 0.385. The van der Waals surface area contributed by atoms with Crippen LogP contribution in [0, 0.1) is 0 Å². The third kappa shape index (κ3) is 1.67. The maximum absolute atomic E-state index is 12.2. The first kappa shape index (κ1) is 11.2. The molecule has 0 spiro atoms. The van der Waals surface area contributed by atoms with E-state index in [9.17, 15) is 14.7 Å². The Morgan fingerprint density at radius 3 is 2.78 bits per heavy atom. The number of rotatable bonds is 1. The predicted octanol–water partition coefficient (Wildman–Crippen LogP) is 0.239. The van der Waals surface area contributed by atoms with E-state index in [1.54, 1.807) is 11.0 Å². The van der Waals surface area contributed by atoms with Gasteiger partial charge in [0.15, 0.2) is 0 Å². The number of fused-ring (bicyclic) bond motifs is 1. The zero-order valence-electron chi connectivity index (χ0n) is 9.80. The number of benzene rings is 1. The molecule has 0 aliphatic carbocycles. The van der Waals surface area contributed by atoms with Crippen LogP contribution < -0.4 is 5.32 Å². The fourth-order valence-electron chi connectivity index (χ4n) is 2.64. The van der Waals surface area contributed by atoms with Gasteiger partial charge in [-0.2, -0.15) is 0 Å². The number of carbonyl (C=O) groups is 2. The molecule has 94 valence electrons. The smallest absolute Gasteiger partial charge is 0.254 e. The minimum Gasteiger partial charge on any atom is -0.372 e. The van der Waals surface area contributed by atoms with E-state index in [0.29, 0.717) is 24.9 Å². The second-order valence-corrected chi connectivity index (χ2v) is 4.71. The van der Waals surface area contributed by atoms with Crippen molar-refractivity contribution in [1.82, 2.24) is 10.2 Å². The quantitative estimate of drug-likeness (QED) is 0.745. The van der Waals surface area contributed by atoms with Crippen LogP contribution in [0.1, 0.15) is 28.8 Å². The Hall–Kier alpha value is -1.88. The zero-order valence-corrected chi connectivity index (χ0v) is 9.80. The van der Waals surface area contributed by atoms with E-state index in [0.717, 1.165) is 5.56 Å². The van der Waals surface area contributed by atoms with Crippen molar-refractivity contribution in [3.05, 3.63) is 35.4 Å². The van der Waals surface area contributed by atoms with Crippen molar-refractivity contribution >= 4 is 11.8 Å². The molecule has 2 amide bonds. The summed E-state index contributed by atoms with van der Waals surface area (Å²) in [4.78, 5) is 25.0. The van der Waals surface area contributed by atoms with E-state index in [1.807, 2.05) is 18.2 Å². The highest BCUT2D eigenvalue weighted by molar-refractivity contribution is 5.98. The molecule has 1 unspecified atom stereocenters. The number of hydrogen-bond acceptors (Lipinski definition) is 3. The summed E-state index contributed by atoms with van der Waals surface area (Å²) in [6.45, 7) is 0.507. The van der Waals surface area contributed by atoms with Gasteiger partial charge < -0.3 is 15.3 Å². The van der Waals surface area contributed by atoms with Gasteiger partial charge in [0.1, 0.15) is 6.23 Å². The SMILES string of the molecule is O=C1CC[C@@H](N2Cc3ccccc3C2=O)C(O)N1. The lowest BCUT2D eigenvalue weighted by Crippen LogP contribution is -2.55. The molecule has 2 aliphatic heterocycles. The molecule has 1 fully saturated rings. The molecule has 2 atom stereocenters. The molecule has 3 rings (SSSR count). The third-order valence-corrected chi connectivity index (χ3v) is 3.59. The number of carbonyl (C=O) groups excluding carboxylic acids is 2. The van der Waals surface area contributed by atoms with Gasteiger partial charge in [0.05, 0.1) is 6.04 Å². The number of nitrogens with zero attached hydrogens (tertiary/aromatic N) is 1. The largest absolute Gasteiger partial charge is 0.372 e. The Morgan fingerprint density at radius 1 is 1.28 bits per heavy atom. The van der Waals surface area contributed by atoms with E-state index in [2.05, 4.69) is 5.32 Å². The summed E-state index contributed by atoms with van der Waals surface area (Å²) in [6.07, 6.45) is -0.112. The number of amides is 2. The molecule has 0 radical (unpaired) electrons. The Kier molecular flexibility index (Phi) is 2.56. The van der Waals surface area contributed by atoms with Crippen molar-refractivity contribution < 1.29 is 14.7 Å². The first-order chi connectivity index (χ1) is 8.66. The van der Waals surface area contributed by atoms with Crippen molar-refractivity contribution in [2.75, 3.05) is 0 Å². The van der Waals surface area contributed by atoms with E-state index in [4.69, 9.17) is 0 Å². The molecule has 0 aromatic heterocycles. The van der Waals surface area contributed by atoms with Gasteiger partial charge in [0.2, 0.25) is 5.91 Å². The van der Waals surface area contributed by atoms with Gasteiger partial charge in [-0.15, -0.1) is 0 Å². The van der Waals surface area contributed by atoms with Crippen LogP contribution >= 0.6 is 0 Å². The second kappa shape index (κ2) is 4.10. The fourth-order valence-corrected chi connectivity index (χ4v) is 2.64. The van der Waals surface area contributed by atoms with Gasteiger partial charge in [0.25, 0.3) is 5.91 Å². The first-order valence-corrected chi connectivity index (χ1v) is 6.03. The predicted molar refractivity (Wildman–Crippen MR) is 63.5 cm³/mol. The summed E-state index contributed by atoms with van der Waals surface area (Å²) in [5.74, 6) is -0.228. The zero-order chi connectivity index (χ0) is 12.7. The Bertz CT molecular complexity index is 515. The van der Waals surface area contributed by atoms with Crippen LogP contribution in [0.5, 0.6) is 0 Å². The van der Waals surface area contributed by atoms with Crippen molar-refractivity contribution in [2.45, 2.75) is 31.7 Å². The van der Waals surface area contributed by atoms with Crippen LogP contribution in [-0.2, 0) is 11.3 Å². The maximum atomic E-state index is 12.2. The van der Waals surface area contributed by atoms with Gasteiger partial charge in [-0.3, -0.25) is 9.59 Å². The lowest BCUT2D eigenvalue weighted by molar-refractivity contribution is -0.129. The molecule has 1 saturated heterocycles. The molecule has 0 saturated carbocycles. The summed E-state index contributed by atoms with van der Waals surface area (Å²) in [5, 5.41) is 12.3. The summed E-state index contributed by atoms with van der Waals surface area (Å²) >= 11 is 0. The van der Waals surface area contributed by atoms with Gasteiger partial charge in [-0.05, 0) is 18.1 Å². The summed E-state index contributed by atoms with van der Waals surface area (Å²) < 4.78 is 0. The van der Waals surface area contributed by atoms with Gasteiger partial charge in [-0.25, -0.2) is 0 Å². The molecular formula is C13H14N2O3. The summed E-state index contributed by atoms with van der Waals surface area (Å²) in [6, 6.07) is 7.11. The standard InChI is InChI=1S/C13H14N2O3/c16-11-6-5-10(12(17)14-11)15-7-8-3-1-2-4-9(8)13(15)18/h1-4,10,12,17H,5-7H2,(H,14,16)/t10-,12?/m1/s1. The van der Waals surface area contributed by atoms with Crippen molar-refractivity contribution in [3.63, 3.8) is 0 Å². The highest BCUT2D eigenvalue weighted by atomic mass is 16.3. The minimum atomic E-state index is -0.968. The average molecular weight is 246 g/mol. The molecule has 0 bridgehead atoms. The number of aliphatic hydroxyl groups excluding tert-OH is 1. The van der Waals surface area contributed by atoms with Crippen LogP contribution in [0.25, 0.3) is 0 Å². The second-order valence-electron chi connectivity index (χ2n) is 4.71. The Balaban J connectivity index is 1.84. The molecule has 2 N–H and O–H groups in total. The van der Waals surface area contributed by atoms with Gasteiger partial charge in [-0.1, -0.05) is 18.2 Å². The molecule has 1 aromatic carbocycles.